The van der Waals surface area contributed by atoms with E-state index in [-0.39, 0.29) is 23.2 Å². The molecule has 2 rings (SSSR count). The van der Waals surface area contributed by atoms with Gasteiger partial charge < -0.3 is 10.6 Å². The fourth-order valence-corrected chi connectivity index (χ4v) is 2.37. The maximum absolute atomic E-state index is 12.3. The van der Waals surface area contributed by atoms with Gasteiger partial charge in [-0.1, -0.05) is 44.9 Å². The number of unbranched alkanes of at least 4 members (excludes halogenated alkanes) is 2. The molecule has 2 N–H and O–H groups in total. The van der Waals surface area contributed by atoms with Crippen molar-refractivity contribution < 1.29 is 9.59 Å². The molecule has 0 saturated carbocycles. The maximum atomic E-state index is 12.3. The fraction of sp³-hybridized carbons (Fsp3) is 0.350. The second kappa shape index (κ2) is 9.57. The summed E-state index contributed by atoms with van der Waals surface area (Å²) in [7, 11) is 0. The quantitative estimate of drug-likeness (QED) is 0.718. The highest BCUT2D eigenvalue weighted by molar-refractivity contribution is 6.03. The zero-order valence-electron chi connectivity index (χ0n) is 14.8. The second-order valence-electron chi connectivity index (χ2n) is 5.88. The Morgan fingerprint density at radius 3 is 2.24 bits per heavy atom. The van der Waals surface area contributed by atoms with Crippen LogP contribution in [-0.2, 0) is 6.42 Å². The molecular weight excluding hydrogens is 314 g/mol. The predicted molar refractivity (Wildman–Crippen MR) is 99.9 cm³/mol. The molecule has 25 heavy (non-hydrogen) atoms. The summed E-state index contributed by atoms with van der Waals surface area (Å²) < 4.78 is 0. The van der Waals surface area contributed by atoms with Crippen LogP contribution >= 0.6 is 0 Å². The number of carbonyl (C=O) groups is 2. The molecule has 5 heteroatoms. The Bertz CT molecular complexity index is 711. The van der Waals surface area contributed by atoms with Crippen LogP contribution in [-0.4, -0.2) is 23.3 Å². The molecule has 132 valence electrons. The summed E-state index contributed by atoms with van der Waals surface area (Å²) in [5.41, 5.74) is 2.39. The van der Waals surface area contributed by atoms with E-state index in [0.29, 0.717) is 12.2 Å². The van der Waals surface area contributed by atoms with Crippen LogP contribution < -0.4 is 10.6 Å². The molecule has 1 aromatic heterocycles. The normalized spacial score (nSPS) is 10.3. The highest BCUT2D eigenvalue weighted by atomic mass is 16.2. The van der Waals surface area contributed by atoms with Gasteiger partial charge in [0.2, 0.25) is 0 Å². The molecule has 0 saturated heterocycles. The van der Waals surface area contributed by atoms with Gasteiger partial charge in [0.15, 0.2) is 0 Å². The van der Waals surface area contributed by atoms with Gasteiger partial charge in [-0.15, -0.1) is 0 Å². The van der Waals surface area contributed by atoms with Gasteiger partial charge in [-0.05, 0) is 42.7 Å². The van der Waals surface area contributed by atoms with Crippen LogP contribution in [0.25, 0.3) is 0 Å². The van der Waals surface area contributed by atoms with E-state index in [9.17, 15) is 9.59 Å². The Kier molecular flexibility index (Phi) is 7.14. The fourth-order valence-electron chi connectivity index (χ4n) is 2.37. The number of anilines is 1. The maximum Gasteiger partial charge on any atom is 0.274 e. The molecule has 0 unspecified atom stereocenters. The summed E-state index contributed by atoms with van der Waals surface area (Å²) in [6.07, 6.45) is 4.07. The first-order chi connectivity index (χ1) is 12.1. The minimum absolute atomic E-state index is 0.223. The first kappa shape index (κ1) is 18.6. The number of hydrogen-bond acceptors (Lipinski definition) is 3. The third-order valence-electron chi connectivity index (χ3n) is 3.90. The van der Waals surface area contributed by atoms with Crippen molar-refractivity contribution in [3.8, 4) is 0 Å². The molecule has 0 aliphatic carbocycles. The Labute approximate surface area is 148 Å². The van der Waals surface area contributed by atoms with Crippen molar-refractivity contribution in [1.82, 2.24) is 10.3 Å². The highest BCUT2D eigenvalue weighted by Gasteiger charge is 2.12. The molecule has 1 aromatic carbocycles. The zero-order chi connectivity index (χ0) is 18.1. The standard InChI is InChI=1S/C20H25N3O2/c1-3-5-6-14-21-19(24)17-8-7-9-18(23-17)20(25)22-16-12-10-15(4-2)11-13-16/h7-13H,3-6,14H2,1-2H3,(H,21,24)(H,22,25). The number of aromatic nitrogens is 1. The number of pyridine rings is 1. The zero-order valence-corrected chi connectivity index (χ0v) is 14.8. The largest absolute Gasteiger partial charge is 0.351 e. The Hall–Kier alpha value is -2.69. The van der Waals surface area contributed by atoms with E-state index in [0.717, 1.165) is 25.7 Å². The number of carbonyl (C=O) groups excluding carboxylic acids is 2. The molecule has 2 amide bonds. The number of nitrogens with one attached hydrogen (secondary N) is 2. The summed E-state index contributed by atoms with van der Waals surface area (Å²) in [6.45, 7) is 4.81. The Morgan fingerprint density at radius 2 is 1.60 bits per heavy atom. The van der Waals surface area contributed by atoms with Crippen LogP contribution in [0.1, 0.15) is 59.7 Å². The van der Waals surface area contributed by atoms with Crippen molar-refractivity contribution in [2.75, 3.05) is 11.9 Å². The number of rotatable bonds is 8. The monoisotopic (exact) mass is 339 g/mol. The lowest BCUT2D eigenvalue weighted by Crippen LogP contribution is -2.26. The average Bonchev–Trinajstić information content (AvgIpc) is 2.65. The van der Waals surface area contributed by atoms with Crippen molar-refractivity contribution in [2.24, 2.45) is 0 Å². The van der Waals surface area contributed by atoms with E-state index < -0.39 is 0 Å². The van der Waals surface area contributed by atoms with E-state index >= 15 is 0 Å². The number of benzene rings is 1. The third kappa shape index (κ3) is 5.71. The van der Waals surface area contributed by atoms with E-state index in [1.54, 1.807) is 18.2 Å². The number of aryl methyl sites for hydroxylation is 1. The molecule has 0 aliphatic rings. The van der Waals surface area contributed by atoms with E-state index in [4.69, 9.17) is 0 Å². The lowest BCUT2D eigenvalue weighted by Gasteiger charge is -2.08. The minimum Gasteiger partial charge on any atom is -0.351 e. The van der Waals surface area contributed by atoms with Crippen molar-refractivity contribution in [1.29, 1.82) is 0 Å². The first-order valence-corrected chi connectivity index (χ1v) is 8.79. The smallest absolute Gasteiger partial charge is 0.274 e. The van der Waals surface area contributed by atoms with Gasteiger partial charge in [-0.3, -0.25) is 9.59 Å². The van der Waals surface area contributed by atoms with E-state index in [1.807, 2.05) is 24.3 Å². The molecule has 2 aromatic rings. The topological polar surface area (TPSA) is 71.1 Å². The number of nitrogens with zero attached hydrogens (tertiary/aromatic N) is 1. The van der Waals surface area contributed by atoms with Gasteiger partial charge in [-0.2, -0.15) is 0 Å². The van der Waals surface area contributed by atoms with Crippen LogP contribution in [0.3, 0.4) is 0 Å². The molecule has 0 bridgehead atoms. The second-order valence-corrected chi connectivity index (χ2v) is 5.88. The predicted octanol–water partition coefficient (Wildman–Crippen LogP) is 3.82. The molecule has 0 spiro atoms. The lowest BCUT2D eigenvalue weighted by molar-refractivity contribution is 0.0948. The number of amides is 2. The molecule has 0 radical (unpaired) electrons. The number of hydrogen-bond donors (Lipinski definition) is 2. The van der Waals surface area contributed by atoms with Crippen molar-refractivity contribution in [3.63, 3.8) is 0 Å². The summed E-state index contributed by atoms with van der Waals surface area (Å²) in [6, 6.07) is 12.6. The van der Waals surface area contributed by atoms with Crippen LogP contribution in [0, 0.1) is 0 Å². The Balaban J connectivity index is 1.99. The summed E-state index contributed by atoms with van der Waals surface area (Å²) in [4.78, 5) is 28.6. The van der Waals surface area contributed by atoms with Crippen LogP contribution in [0.2, 0.25) is 0 Å². The van der Waals surface area contributed by atoms with Crippen molar-refractivity contribution in [2.45, 2.75) is 39.5 Å². The lowest BCUT2D eigenvalue weighted by atomic mass is 10.1. The summed E-state index contributed by atoms with van der Waals surface area (Å²) in [5, 5.41) is 5.63. The average molecular weight is 339 g/mol. The molecule has 1 heterocycles. The van der Waals surface area contributed by atoms with Crippen molar-refractivity contribution >= 4 is 17.5 Å². The molecule has 0 atom stereocenters. The highest BCUT2D eigenvalue weighted by Crippen LogP contribution is 2.11. The van der Waals surface area contributed by atoms with Gasteiger partial charge >= 0.3 is 0 Å². The van der Waals surface area contributed by atoms with Crippen LogP contribution in [0.5, 0.6) is 0 Å². The van der Waals surface area contributed by atoms with Crippen molar-refractivity contribution in [3.05, 3.63) is 59.4 Å². The van der Waals surface area contributed by atoms with E-state index in [1.165, 1.54) is 5.56 Å². The SMILES string of the molecule is CCCCCNC(=O)c1cccc(C(=O)Nc2ccc(CC)cc2)n1. The summed E-state index contributed by atoms with van der Waals surface area (Å²) in [5.74, 6) is -0.581. The van der Waals surface area contributed by atoms with Gasteiger partial charge in [0, 0.05) is 12.2 Å². The third-order valence-corrected chi connectivity index (χ3v) is 3.90. The van der Waals surface area contributed by atoms with Gasteiger partial charge in [0.05, 0.1) is 0 Å². The van der Waals surface area contributed by atoms with Gasteiger partial charge in [-0.25, -0.2) is 4.98 Å². The summed E-state index contributed by atoms with van der Waals surface area (Å²) >= 11 is 0. The van der Waals surface area contributed by atoms with Gasteiger partial charge in [0.25, 0.3) is 11.8 Å². The molecule has 0 aliphatic heterocycles. The van der Waals surface area contributed by atoms with E-state index in [2.05, 4.69) is 29.5 Å². The minimum atomic E-state index is -0.329. The van der Waals surface area contributed by atoms with Crippen LogP contribution in [0.4, 0.5) is 5.69 Å². The van der Waals surface area contributed by atoms with Gasteiger partial charge in [0.1, 0.15) is 11.4 Å². The molecular formula is C20H25N3O2. The molecule has 5 nitrogen and oxygen atoms in total. The first-order valence-electron chi connectivity index (χ1n) is 8.79. The Morgan fingerprint density at radius 1 is 0.920 bits per heavy atom. The molecule has 0 fully saturated rings. The van der Waals surface area contributed by atoms with Crippen LogP contribution in [0.15, 0.2) is 42.5 Å².